The summed E-state index contributed by atoms with van der Waals surface area (Å²) in [5, 5.41) is 3.57. The van der Waals surface area contributed by atoms with E-state index >= 15 is 0 Å². The minimum Gasteiger partial charge on any atom is -0.452 e. The smallest absolute Gasteiger partial charge is 0.339 e. The Balaban J connectivity index is 1.46. The Morgan fingerprint density at radius 3 is 2.59 bits per heavy atom. The standard InChI is InChI=1S/C27H32N4O3/c1-5-31(18(2)3)20-12-10-19(11-13-20)28-25(32)17-34-27(33)26-21-8-6-7-9-23(21)29-24-14-15-30(4)16-22(24)26/h6-13,18H,5,14-17H2,1-4H3,(H,28,32). The molecule has 3 aromatic rings. The van der Waals surface area contributed by atoms with Gasteiger partial charge in [-0.1, -0.05) is 18.2 Å². The van der Waals surface area contributed by atoms with Crippen LogP contribution in [0.5, 0.6) is 0 Å². The predicted molar refractivity (Wildman–Crippen MR) is 135 cm³/mol. The molecule has 4 rings (SSSR count). The van der Waals surface area contributed by atoms with Gasteiger partial charge >= 0.3 is 5.97 Å². The summed E-state index contributed by atoms with van der Waals surface area (Å²) < 4.78 is 5.48. The van der Waals surface area contributed by atoms with Crippen molar-refractivity contribution in [2.75, 3.05) is 37.0 Å². The fourth-order valence-corrected chi connectivity index (χ4v) is 4.54. The molecule has 0 unspecified atom stereocenters. The molecule has 0 spiro atoms. The topological polar surface area (TPSA) is 74.8 Å². The number of pyridine rings is 1. The molecule has 0 fully saturated rings. The number of carbonyl (C=O) groups is 2. The number of benzene rings is 2. The molecular weight excluding hydrogens is 428 g/mol. The van der Waals surface area contributed by atoms with Crippen LogP contribution >= 0.6 is 0 Å². The van der Waals surface area contributed by atoms with E-state index in [9.17, 15) is 9.59 Å². The van der Waals surface area contributed by atoms with Crippen LogP contribution in [0.4, 0.5) is 11.4 Å². The number of ether oxygens (including phenoxy) is 1. The fraction of sp³-hybridized carbons (Fsp3) is 0.370. The minimum atomic E-state index is -0.494. The third-order valence-corrected chi connectivity index (χ3v) is 6.22. The summed E-state index contributed by atoms with van der Waals surface area (Å²) >= 11 is 0. The Morgan fingerprint density at radius 1 is 1.15 bits per heavy atom. The van der Waals surface area contributed by atoms with Crippen molar-refractivity contribution >= 4 is 34.2 Å². The van der Waals surface area contributed by atoms with Gasteiger partial charge in [0.15, 0.2) is 6.61 Å². The molecule has 34 heavy (non-hydrogen) atoms. The van der Waals surface area contributed by atoms with Crippen molar-refractivity contribution in [3.8, 4) is 0 Å². The number of aromatic nitrogens is 1. The Labute approximate surface area is 200 Å². The van der Waals surface area contributed by atoms with Gasteiger partial charge in [0.05, 0.1) is 11.1 Å². The first-order chi connectivity index (χ1) is 16.4. The molecule has 7 heteroatoms. The van der Waals surface area contributed by atoms with Gasteiger partial charge in [0.2, 0.25) is 0 Å². The van der Waals surface area contributed by atoms with Crippen LogP contribution in [0.3, 0.4) is 0 Å². The van der Waals surface area contributed by atoms with Gasteiger partial charge in [-0.2, -0.15) is 0 Å². The Morgan fingerprint density at radius 2 is 1.88 bits per heavy atom. The number of hydrogen-bond donors (Lipinski definition) is 1. The maximum Gasteiger partial charge on any atom is 0.339 e. The SMILES string of the molecule is CCN(c1ccc(NC(=O)COC(=O)c2c3c(nc4ccccc24)CCN(C)C3)cc1)C(C)C. The first kappa shape index (κ1) is 23.7. The molecule has 1 amide bonds. The minimum absolute atomic E-state index is 0.352. The van der Waals surface area contributed by atoms with E-state index < -0.39 is 5.97 Å². The molecule has 1 aliphatic rings. The molecule has 0 bridgehead atoms. The lowest BCUT2D eigenvalue weighted by Crippen LogP contribution is -2.30. The Kier molecular flexibility index (Phi) is 7.12. The lowest BCUT2D eigenvalue weighted by atomic mass is 9.96. The summed E-state index contributed by atoms with van der Waals surface area (Å²) in [5.74, 6) is -0.868. The van der Waals surface area contributed by atoms with Gasteiger partial charge < -0.3 is 19.9 Å². The van der Waals surface area contributed by atoms with Gasteiger partial charge in [0, 0.05) is 60.1 Å². The molecule has 2 heterocycles. The highest BCUT2D eigenvalue weighted by molar-refractivity contribution is 6.06. The average Bonchev–Trinajstić information content (AvgIpc) is 2.82. The van der Waals surface area contributed by atoms with E-state index in [1.54, 1.807) is 0 Å². The largest absolute Gasteiger partial charge is 0.452 e. The molecule has 0 aliphatic carbocycles. The van der Waals surface area contributed by atoms with Crippen LogP contribution in [-0.4, -0.2) is 54.5 Å². The van der Waals surface area contributed by atoms with E-state index in [1.165, 1.54) is 0 Å². The zero-order chi connectivity index (χ0) is 24.2. The van der Waals surface area contributed by atoms with Gasteiger partial charge in [0.1, 0.15) is 0 Å². The van der Waals surface area contributed by atoms with Crippen molar-refractivity contribution in [1.29, 1.82) is 0 Å². The van der Waals surface area contributed by atoms with Gasteiger partial charge in [-0.05, 0) is 58.2 Å². The van der Waals surface area contributed by atoms with Crippen LogP contribution in [0.1, 0.15) is 42.4 Å². The molecule has 1 aliphatic heterocycles. The first-order valence-electron chi connectivity index (χ1n) is 11.8. The molecule has 178 valence electrons. The number of nitrogens with zero attached hydrogens (tertiary/aromatic N) is 3. The number of rotatable bonds is 7. The zero-order valence-electron chi connectivity index (χ0n) is 20.3. The quantitative estimate of drug-likeness (QED) is 0.531. The zero-order valence-corrected chi connectivity index (χ0v) is 20.3. The van der Waals surface area contributed by atoms with E-state index in [4.69, 9.17) is 9.72 Å². The van der Waals surface area contributed by atoms with E-state index in [1.807, 2.05) is 55.6 Å². The molecular formula is C27H32N4O3. The summed E-state index contributed by atoms with van der Waals surface area (Å²) in [6.07, 6.45) is 0.777. The molecule has 0 saturated heterocycles. The number of fused-ring (bicyclic) bond motifs is 2. The summed E-state index contributed by atoms with van der Waals surface area (Å²) in [7, 11) is 2.02. The van der Waals surface area contributed by atoms with Crippen molar-refractivity contribution in [2.45, 2.75) is 39.8 Å². The van der Waals surface area contributed by atoms with Crippen LogP contribution in [0.2, 0.25) is 0 Å². The molecule has 1 N–H and O–H groups in total. The van der Waals surface area contributed by atoms with Crippen molar-refractivity contribution in [1.82, 2.24) is 9.88 Å². The lowest BCUT2D eigenvalue weighted by Gasteiger charge is -2.27. The number of nitrogens with one attached hydrogen (secondary N) is 1. The van der Waals surface area contributed by atoms with Crippen LogP contribution in [0.25, 0.3) is 10.9 Å². The monoisotopic (exact) mass is 460 g/mol. The highest BCUT2D eigenvalue weighted by Gasteiger charge is 2.25. The second-order valence-corrected chi connectivity index (χ2v) is 8.97. The van der Waals surface area contributed by atoms with Gasteiger partial charge in [-0.15, -0.1) is 0 Å². The van der Waals surface area contributed by atoms with Crippen LogP contribution in [0, 0.1) is 0 Å². The van der Waals surface area contributed by atoms with E-state index in [0.717, 1.165) is 47.4 Å². The second kappa shape index (κ2) is 10.2. The molecule has 1 aromatic heterocycles. The highest BCUT2D eigenvalue weighted by Crippen LogP contribution is 2.28. The van der Waals surface area contributed by atoms with Gasteiger partial charge in [-0.25, -0.2) is 4.79 Å². The van der Waals surface area contributed by atoms with Crippen molar-refractivity contribution < 1.29 is 14.3 Å². The number of anilines is 2. The normalized spacial score (nSPS) is 13.6. The first-order valence-corrected chi connectivity index (χ1v) is 11.8. The maximum absolute atomic E-state index is 13.2. The summed E-state index contributed by atoms with van der Waals surface area (Å²) in [6, 6.07) is 15.7. The van der Waals surface area contributed by atoms with Crippen LogP contribution in [0.15, 0.2) is 48.5 Å². The summed E-state index contributed by atoms with van der Waals surface area (Å²) in [4.78, 5) is 34.9. The number of carbonyl (C=O) groups excluding carboxylic acids is 2. The molecule has 0 atom stereocenters. The third kappa shape index (κ3) is 5.04. The molecule has 7 nitrogen and oxygen atoms in total. The van der Waals surface area contributed by atoms with Crippen molar-refractivity contribution in [3.05, 3.63) is 65.4 Å². The van der Waals surface area contributed by atoms with E-state index in [2.05, 4.69) is 35.9 Å². The number of esters is 1. The van der Waals surface area contributed by atoms with Crippen LogP contribution in [-0.2, 0) is 22.5 Å². The van der Waals surface area contributed by atoms with Gasteiger partial charge in [0.25, 0.3) is 5.91 Å². The maximum atomic E-state index is 13.2. The molecule has 2 aromatic carbocycles. The Bertz CT molecular complexity index is 1190. The second-order valence-electron chi connectivity index (χ2n) is 8.97. The Hall–Kier alpha value is -3.45. The predicted octanol–water partition coefficient (Wildman–Crippen LogP) is 4.25. The number of para-hydroxylation sites is 1. The van der Waals surface area contributed by atoms with Crippen molar-refractivity contribution in [2.24, 2.45) is 0 Å². The van der Waals surface area contributed by atoms with Crippen molar-refractivity contribution in [3.63, 3.8) is 0 Å². The number of amides is 1. The van der Waals surface area contributed by atoms with Gasteiger partial charge in [-0.3, -0.25) is 9.78 Å². The summed E-state index contributed by atoms with van der Waals surface area (Å²) in [6.45, 7) is 8.48. The fourth-order valence-electron chi connectivity index (χ4n) is 4.54. The van der Waals surface area contributed by atoms with E-state index in [-0.39, 0.29) is 12.5 Å². The third-order valence-electron chi connectivity index (χ3n) is 6.22. The average molecular weight is 461 g/mol. The summed E-state index contributed by atoms with van der Waals surface area (Å²) in [5.41, 5.74) is 4.86. The number of hydrogen-bond acceptors (Lipinski definition) is 6. The highest BCUT2D eigenvalue weighted by atomic mass is 16.5. The molecule has 0 saturated carbocycles. The molecule has 0 radical (unpaired) electrons. The van der Waals surface area contributed by atoms with Crippen LogP contribution < -0.4 is 10.2 Å². The van der Waals surface area contributed by atoms with E-state index in [0.29, 0.717) is 23.8 Å². The number of likely N-dealkylation sites (N-methyl/N-ethyl adjacent to an activating group) is 1. The lowest BCUT2D eigenvalue weighted by molar-refractivity contribution is -0.119.